The molecule has 1 unspecified atom stereocenters. The fourth-order valence-corrected chi connectivity index (χ4v) is 5.01. The van der Waals surface area contributed by atoms with Crippen molar-refractivity contribution in [2.45, 2.75) is 64.9 Å². The lowest BCUT2D eigenvalue weighted by Gasteiger charge is -2.43. The first-order chi connectivity index (χ1) is 12.8. The van der Waals surface area contributed by atoms with Gasteiger partial charge in [-0.25, -0.2) is 13.1 Å². The van der Waals surface area contributed by atoms with E-state index >= 15 is 0 Å². The van der Waals surface area contributed by atoms with Crippen LogP contribution in [0.15, 0.2) is 4.99 Å². The molecule has 7 nitrogen and oxygen atoms in total. The third-order valence-corrected chi connectivity index (χ3v) is 6.93. The average Bonchev–Trinajstić information content (AvgIpc) is 2.61. The molecule has 0 amide bonds. The quantitative estimate of drug-likeness (QED) is 0.383. The van der Waals surface area contributed by atoms with Crippen molar-refractivity contribution < 1.29 is 13.2 Å². The number of hydrogen-bond donors (Lipinski definition) is 3. The maximum absolute atomic E-state index is 12.2. The van der Waals surface area contributed by atoms with E-state index in [9.17, 15) is 8.42 Å². The first kappa shape index (κ1) is 22.4. The minimum Gasteiger partial charge on any atom is -0.377 e. The Bertz CT molecular complexity index is 568. The third kappa shape index (κ3) is 7.95. The Morgan fingerprint density at radius 1 is 1.22 bits per heavy atom. The van der Waals surface area contributed by atoms with E-state index < -0.39 is 10.0 Å². The molecule has 0 aromatic heterocycles. The molecule has 158 valence electrons. The van der Waals surface area contributed by atoms with Crippen LogP contribution in [0, 0.1) is 11.3 Å². The molecule has 0 radical (unpaired) electrons. The summed E-state index contributed by atoms with van der Waals surface area (Å²) in [6.07, 6.45) is 8.15. The fraction of sp³-hybridized carbons (Fsp3) is 0.947. The summed E-state index contributed by atoms with van der Waals surface area (Å²) in [7, 11) is -1.59. The van der Waals surface area contributed by atoms with Gasteiger partial charge in [-0.15, -0.1) is 0 Å². The molecule has 1 aliphatic heterocycles. The van der Waals surface area contributed by atoms with E-state index in [1.807, 2.05) is 0 Å². The first-order valence-corrected chi connectivity index (χ1v) is 12.0. The number of rotatable bonds is 10. The van der Waals surface area contributed by atoms with Crippen molar-refractivity contribution in [3.63, 3.8) is 0 Å². The third-order valence-electron chi connectivity index (χ3n) is 5.58. The molecule has 8 heteroatoms. The maximum Gasteiger partial charge on any atom is 0.213 e. The van der Waals surface area contributed by atoms with Crippen LogP contribution in [-0.2, 0) is 14.8 Å². The zero-order valence-electron chi connectivity index (χ0n) is 17.2. The van der Waals surface area contributed by atoms with E-state index in [0.29, 0.717) is 30.4 Å². The predicted molar refractivity (Wildman–Crippen MR) is 110 cm³/mol. The second-order valence-electron chi connectivity index (χ2n) is 8.46. The van der Waals surface area contributed by atoms with Gasteiger partial charge in [0.2, 0.25) is 10.0 Å². The van der Waals surface area contributed by atoms with E-state index in [2.05, 4.69) is 34.2 Å². The molecule has 0 bridgehead atoms. The molecule has 2 aliphatic rings. The fourth-order valence-electron chi connectivity index (χ4n) is 4.05. The Morgan fingerprint density at radius 2 is 2.00 bits per heavy atom. The number of nitrogens with zero attached hydrogens (tertiary/aromatic N) is 1. The topological polar surface area (TPSA) is 91.8 Å². The van der Waals surface area contributed by atoms with Crippen LogP contribution in [0.3, 0.4) is 0 Å². The van der Waals surface area contributed by atoms with Crippen molar-refractivity contribution in [1.82, 2.24) is 15.4 Å². The normalized spacial score (nSPS) is 23.1. The molecule has 2 fully saturated rings. The lowest BCUT2D eigenvalue weighted by molar-refractivity contribution is 0.0200. The van der Waals surface area contributed by atoms with Gasteiger partial charge in [0.25, 0.3) is 0 Å². The molecule has 0 aromatic rings. The van der Waals surface area contributed by atoms with Gasteiger partial charge in [-0.05, 0) is 49.9 Å². The molecular weight excluding hydrogens is 364 g/mol. The summed E-state index contributed by atoms with van der Waals surface area (Å²) in [6.45, 7) is 6.86. The molecule has 1 aliphatic carbocycles. The van der Waals surface area contributed by atoms with Gasteiger partial charge in [0.05, 0.1) is 11.9 Å². The van der Waals surface area contributed by atoms with Gasteiger partial charge in [0.15, 0.2) is 5.96 Å². The second kappa shape index (κ2) is 10.6. The highest BCUT2D eigenvalue weighted by atomic mass is 32.2. The van der Waals surface area contributed by atoms with E-state index in [-0.39, 0.29) is 11.9 Å². The van der Waals surface area contributed by atoms with Gasteiger partial charge in [0, 0.05) is 33.3 Å². The van der Waals surface area contributed by atoms with Crippen molar-refractivity contribution in [2.24, 2.45) is 16.3 Å². The van der Waals surface area contributed by atoms with Crippen LogP contribution >= 0.6 is 0 Å². The predicted octanol–water partition coefficient (Wildman–Crippen LogP) is 1.86. The number of nitrogens with one attached hydrogen (secondary N) is 3. The van der Waals surface area contributed by atoms with Crippen molar-refractivity contribution >= 4 is 16.0 Å². The highest BCUT2D eigenvalue weighted by Crippen LogP contribution is 2.45. The Morgan fingerprint density at radius 3 is 2.56 bits per heavy atom. The summed E-state index contributed by atoms with van der Waals surface area (Å²) in [4.78, 5) is 4.23. The van der Waals surface area contributed by atoms with Crippen LogP contribution in [-0.4, -0.2) is 59.5 Å². The van der Waals surface area contributed by atoms with Gasteiger partial charge in [-0.2, -0.15) is 0 Å². The molecule has 1 saturated carbocycles. The maximum atomic E-state index is 12.2. The van der Waals surface area contributed by atoms with Crippen LogP contribution in [0.1, 0.15) is 58.8 Å². The molecule has 1 saturated heterocycles. The summed E-state index contributed by atoms with van der Waals surface area (Å²) >= 11 is 0. The van der Waals surface area contributed by atoms with Crippen molar-refractivity contribution in [1.29, 1.82) is 0 Å². The van der Waals surface area contributed by atoms with E-state index in [1.165, 1.54) is 25.7 Å². The van der Waals surface area contributed by atoms with Gasteiger partial charge >= 0.3 is 0 Å². The zero-order chi connectivity index (χ0) is 19.8. The van der Waals surface area contributed by atoms with Gasteiger partial charge < -0.3 is 15.4 Å². The van der Waals surface area contributed by atoms with Crippen molar-refractivity contribution in [2.75, 3.05) is 39.0 Å². The number of sulfonamides is 1. The summed E-state index contributed by atoms with van der Waals surface area (Å²) in [5.41, 5.74) is 0.374. The van der Waals surface area contributed by atoms with E-state index in [1.54, 1.807) is 7.05 Å². The number of guanidine groups is 1. The van der Waals surface area contributed by atoms with Crippen molar-refractivity contribution in [3.8, 4) is 0 Å². The Balaban J connectivity index is 1.67. The summed E-state index contributed by atoms with van der Waals surface area (Å²) in [5, 5.41) is 6.52. The molecule has 3 N–H and O–H groups in total. The number of hydrogen-bond acceptors (Lipinski definition) is 4. The largest absolute Gasteiger partial charge is 0.377 e. The zero-order valence-corrected chi connectivity index (χ0v) is 18.0. The standard InChI is InChI=1S/C19H38N4O3S/c1-16(2)13-19(8-6-9-19)15-22-18(20-3)21-10-12-27(24,25)23-14-17-7-4-5-11-26-17/h16-17,23H,4-15H2,1-3H3,(H2,20,21,22). The molecular formula is C19H38N4O3S. The van der Waals surface area contributed by atoms with E-state index in [4.69, 9.17) is 4.74 Å². The minimum absolute atomic E-state index is 0.00976. The molecule has 2 rings (SSSR count). The summed E-state index contributed by atoms with van der Waals surface area (Å²) in [5.74, 6) is 1.39. The Labute approximate surface area is 165 Å². The molecule has 1 atom stereocenters. The van der Waals surface area contributed by atoms with Gasteiger partial charge in [0.1, 0.15) is 0 Å². The highest BCUT2D eigenvalue weighted by molar-refractivity contribution is 7.89. The lowest BCUT2D eigenvalue weighted by atomic mass is 9.64. The number of ether oxygens (including phenoxy) is 1. The second-order valence-corrected chi connectivity index (χ2v) is 10.4. The van der Waals surface area contributed by atoms with Gasteiger partial charge in [-0.3, -0.25) is 4.99 Å². The van der Waals surface area contributed by atoms with Gasteiger partial charge in [-0.1, -0.05) is 20.3 Å². The Hall–Kier alpha value is -0.860. The summed E-state index contributed by atoms with van der Waals surface area (Å²) < 4.78 is 32.6. The van der Waals surface area contributed by atoms with Crippen LogP contribution in [0.5, 0.6) is 0 Å². The lowest BCUT2D eigenvalue weighted by Crippen LogP contribution is -2.48. The van der Waals surface area contributed by atoms with Crippen LogP contribution in [0.2, 0.25) is 0 Å². The first-order valence-electron chi connectivity index (χ1n) is 10.4. The SMILES string of the molecule is CN=C(NCCS(=O)(=O)NCC1CCCCO1)NCC1(CC(C)C)CCC1. The molecule has 0 aromatic carbocycles. The van der Waals surface area contributed by atoms with Crippen LogP contribution < -0.4 is 15.4 Å². The van der Waals surface area contributed by atoms with Crippen LogP contribution in [0.4, 0.5) is 0 Å². The van der Waals surface area contributed by atoms with Crippen molar-refractivity contribution in [3.05, 3.63) is 0 Å². The minimum atomic E-state index is -3.31. The number of aliphatic imine (C=N–C) groups is 1. The average molecular weight is 403 g/mol. The highest BCUT2D eigenvalue weighted by Gasteiger charge is 2.37. The molecule has 0 spiro atoms. The molecule has 1 heterocycles. The summed E-state index contributed by atoms with van der Waals surface area (Å²) in [6, 6.07) is 0. The Kier molecular flexibility index (Phi) is 8.82. The molecule has 27 heavy (non-hydrogen) atoms. The van der Waals surface area contributed by atoms with Crippen LogP contribution in [0.25, 0.3) is 0 Å². The monoisotopic (exact) mass is 402 g/mol. The van der Waals surface area contributed by atoms with E-state index in [0.717, 1.165) is 32.4 Å². The smallest absolute Gasteiger partial charge is 0.213 e.